The van der Waals surface area contributed by atoms with Gasteiger partial charge >= 0.3 is 0 Å². The average Bonchev–Trinajstić information content (AvgIpc) is 2.96. The lowest BCUT2D eigenvalue weighted by Crippen LogP contribution is -2.26. The molecule has 0 saturated heterocycles. The molecule has 0 aliphatic rings. The number of anilines is 1. The summed E-state index contributed by atoms with van der Waals surface area (Å²) in [4.78, 5) is 3.37. The quantitative estimate of drug-likeness (QED) is 0.798. The second-order valence-electron chi connectivity index (χ2n) is 5.39. The molecule has 5 nitrogen and oxygen atoms in total. The Labute approximate surface area is 135 Å². The van der Waals surface area contributed by atoms with Gasteiger partial charge in [0.15, 0.2) is 5.88 Å². The van der Waals surface area contributed by atoms with Gasteiger partial charge in [0, 0.05) is 18.5 Å². The number of aromatic amines is 1. The van der Waals surface area contributed by atoms with Crippen molar-refractivity contribution >= 4 is 26.6 Å². The van der Waals surface area contributed by atoms with Gasteiger partial charge in [-0.2, -0.15) is 0 Å². The second-order valence-corrected chi connectivity index (χ2v) is 7.36. The van der Waals surface area contributed by atoms with Crippen molar-refractivity contribution in [3.8, 4) is 5.88 Å². The topological polar surface area (TPSA) is 62.4 Å². The summed E-state index contributed by atoms with van der Waals surface area (Å²) < 4.78 is 31.9. The molecule has 0 amide bonds. The summed E-state index contributed by atoms with van der Waals surface area (Å²) in [5.41, 5.74) is 2.43. The Balaban J connectivity index is 2.01. The van der Waals surface area contributed by atoms with E-state index in [9.17, 15) is 8.42 Å². The van der Waals surface area contributed by atoms with Crippen molar-refractivity contribution in [3.63, 3.8) is 0 Å². The number of nitrogens with zero attached hydrogens (tertiary/aromatic N) is 1. The Kier molecular flexibility index (Phi) is 3.77. The van der Waals surface area contributed by atoms with Gasteiger partial charge in [-0.1, -0.05) is 23.8 Å². The summed E-state index contributed by atoms with van der Waals surface area (Å²) in [7, 11) is -0.453. The smallest absolute Gasteiger partial charge is 0.264 e. The first-order chi connectivity index (χ1) is 10.9. The average molecular weight is 330 g/mol. The molecule has 0 spiro atoms. The Morgan fingerprint density at radius 3 is 2.39 bits per heavy atom. The van der Waals surface area contributed by atoms with Gasteiger partial charge in [0.05, 0.1) is 23.2 Å². The van der Waals surface area contributed by atoms with E-state index in [1.165, 1.54) is 4.31 Å². The molecule has 0 aliphatic heterocycles. The molecular weight excluding hydrogens is 312 g/mol. The first kappa shape index (κ1) is 15.4. The molecule has 0 bridgehead atoms. The van der Waals surface area contributed by atoms with E-state index in [1.54, 1.807) is 50.6 Å². The molecule has 0 radical (unpaired) electrons. The molecule has 0 atom stereocenters. The molecule has 1 aromatic heterocycles. The summed E-state index contributed by atoms with van der Waals surface area (Å²) in [6, 6.07) is 14.1. The zero-order chi connectivity index (χ0) is 16.6. The monoisotopic (exact) mass is 330 g/mol. The minimum atomic E-state index is -3.59. The maximum absolute atomic E-state index is 12.7. The number of ether oxygens (including phenoxy) is 1. The van der Waals surface area contributed by atoms with E-state index in [0.717, 1.165) is 16.5 Å². The van der Waals surface area contributed by atoms with Crippen LogP contribution in [0.3, 0.4) is 0 Å². The standard InChI is InChI=1S/C17H18N2O3S/c1-12-4-8-15(9-5-12)23(20,21)19(2)14-7-6-13-10-17(22-3)18-16(13)11-14/h4-11,18H,1-3H3. The van der Waals surface area contributed by atoms with E-state index in [2.05, 4.69) is 4.98 Å². The van der Waals surface area contributed by atoms with Gasteiger partial charge in [0.25, 0.3) is 10.0 Å². The minimum absolute atomic E-state index is 0.273. The molecule has 6 heteroatoms. The van der Waals surface area contributed by atoms with Crippen LogP contribution in [0.15, 0.2) is 53.4 Å². The van der Waals surface area contributed by atoms with Crippen LogP contribution in [0.2, 0.25) is 0 Å². The molecule has 120 valence electrons. The van der Waals surface area contributed by atoms with Gasteiger partial charge in [0.2, 0.25) is 0 Å². The van der Waals surface area contributed by atoms with Gasteiger partial charge in [-0.3, -0.25) is 4.31 Å². The SMILES string of the molecule is COc1cc2ccc(N(C)S(=O)(=O)c3ccc(C)cc3)cc2[nH]1. The Hall–Kier alpha value is -2.47. The fourth-order valence-corrected chi connectivity index (χ4v) is 3.59. The van der Waals surface area contributed by atoms with Gasteiger partial charge in [-0.25, -0.2) is 8.42 Å². The number of aromatic nitrogens is 1. The number of aryl methyl sites for hydroxylation is 1. The lowest BCUT2D eigenvalue weighted by molar-refractivity contribution is 0.401. The zero-order valence-electron chi connectivity index (χ0n) is 13.2. The molecule has 3 rings (SSSR count). The van der Waals surface area contributed by atoms with Crippen molar-refractivity contribution in [3.05, 3.63) is 54.1 Å². The number of nitrogens with one attached hydrogen (secondary N) is 1. The molecule has 2 aromatic carbocycles. The summed E-state index contributed by atoms with van der Waals surface area (Å²) in [6.45, 7) is 1.92. The van der Waals surface area contributed by atoms with E-state index in [4.69, 9.17) is 4.74 Å². The summed E-state index contributed by atoms with van der Waals surface area (Å²) in [6.07, 6.45) is 0. The van der Waals surface area contributed by atoms with Crippen LogP contribution in [0.4, 0.5) is 5.69 Å². The third-order valence-electron chi connectivity index (χ3n) is 3.84. The van der Waals surface area contributed by atoms with Crippen LogP contribution in [-0.4, -0.2) is 27.6 Å². The summed E-state index contributed by atoms with van der Waals surface area (Å²) in [5.74, 6) is 0.640. The second kappa shape index (κ2) is 5.62. The van der Waals surface area contributed by atoms with Crippen molar-refractivity contribution in [1.29, 1.82) is 0 Å². The number of fused-ring (bicyclic) bond motifs is 1. The lowest BCUT2D eigenvalue weighted by Gasteiger charge is -2.19. The highest BCUT2D eigenvalue weighted by atomic mass is 32.2. The Morgan fingerprint density at radius 1 is 1.04 bits per heavy atom. The highest BCUT2D eigenvalue weighted by Crippen LogP contribution is 2.28. The number of H-pyrrole nitrogens is 1. The molecule has 23 heavy (non-hydrogen) atoms. The van der Waals surface area contributed by atoms with Gasteiger partial charge < -0.3 is 9.72 Å². The van der Waals surface area contributed by atoms with Crippen LogP contribution >= 0.6 is 0 Å². The predicted molar refractivity (Wildman–Crippen MR) is 91.6 cm³/mol. The summed E-state index contributed by atoms with van der Waals surface area (Å²) >= 11 is 0. The van der Waals surface area contributed by atoms with Crippen LogP contribution in [0, 0.1) is 6.92 Å². The van der Waals surface area contributed by atoms with Crippen LogP contribution in [-0.2, 0) is 10.0 Å². The number of hydrogen-bond acceptors (Lipinski definition) is 3. The molecule has 3 aromatic rings. The van der Waals surface area contributed by atoms with Crippen LogP contribution in [0.5, 0.6) is 5.88 Å². The maximum atomic E-state index is 12.7. The largest absolute Gasteiger partial charge is 0.482 e. The van der Waals surface area contributed by atoms with E-state index in [0.29, 0.717) is 11.6 Å². The van der Waals surface area contributed by atoms with Crippen molar-refractivity contribution < 1.29 is 13.2 Å². The summed E-state index contributed by atoms with van der Waals surface area (Å²) in [5, 5.41) is 0.965. The van der Waals surface area contributed by atoms with Gasteiger partial charge in [0.1, 0.15) is 0 Å². The van der Waals surface area contributed by atoms with Crippen molar-refractivity contribution in [2.24, 2.45) is 0 Å². The lowest BCUT2D eigenvalue weighted by atomic mass is 10.2. The first-order valence-corrected chi connectivity index (χ1v) is 8.58. The fraction of sp³-hybridized carbons (Fsp3) is 0.176. The number of benzene rings is 2. The fourth-order valence-electron chi connectivity index (χ4n) is 2.40. The van der Waals surface area contributed by atoms with Crippen molar-refractivity contribution in [2.75, 3.05) is 18.5 Å². The normalized spacial score (nSPS) is 11.6. The van der Waals surface area contributed by atoms with Crippen molar-refractivity contribution in [2.45, 2.75) is 11.8 Å². The van der Waals surface area contributed by atoms with Crippen molar-refractivity contribution in [1.82, 2.24) is 4.98 Å². The van der Waals surface area contributed by atoms with E-state index in [-0.39, 0.29) is 4.90 Å². The number of methoxy groups -OCH3 is 1. The number of hydrogen-bond donors (Lipinski definition) is 1. The van der Waals surface area contributed by atoms with E-state index in [1.807, 2.05) is 19.1 Å². The zero-order valence-corrected chi connectivity index (χ0v) is 14.0. The Bertz CT molecular complexity index is 944. The number of rotatable bonds is 4. The molecule has 0 unspecified atom stereocenters. The molecule has 1 heterocycles. The van der Waals surface area contributed by atoms with Gasteiger partial charge in [-0.05, 0) is 31.2 Å². The predicted octanol–water partition coefficient (Wildman–Crippen LogP) is 3.31. The third kappa shape index (κ3) is 2.77. The highest BCUT2D eigenvalue weighted by molar-refractivity contribution is 7.92. The third-order valence-corrected chi connectivity index (χ3v) is 5.64. The van der Waals surface area contributed by atoms with Gasteiger partial charge in [-0.15, -0.1) is 0 Å². The Morgan fingerprint density at radius 2 is 1.74 bits per heavy atom. The molecule has 0 aliphatic carbocycles. The number of sulfonamides is 1. The van der Waals surface area contributed by atoms with E-state index < -0.39 is 10.0 Å². The highest BCUT2D eigenvalue weighted by Gasteiger charge is 2.21. The minimum Gasteiger partial charge on any atom is -0.482 e. The molecule has 0 saturated carbocycles. The molecule has 1 N–H and O–H groups in total. The first-order valence-electron chi connectivity index (χ1n) is 7.14. The van der Waals surface area contributed by atoms with Crippen LogP contribution in [0.25, 0.3) is 10.9 Å². The van der Waals surface area contributed by atoms with Crippen LogP contribution < -0.4 is 9.04 Å². The molecular formula is C17H18N2O3S. The van der Waals surface area contributed by atoms with Crippen LogP contribution in [0.1, 0.15) is 5.56 Å². The van der Waals surface area contributed by atoms with E-state index >= 15 is 0 Å². The maximum Gasteiger partial charge on any atom is 0.264 e. The molecule has 0 fully saturated rings.